The number of carbonyl (C=O) groups is 15. The summed E-state index contributed by atoms with van der Waals surface area (Å²) in [6.45, 7) is 14.5. The van der Waals surface area contributed by atoms with Crippen molar-refractivity contribution in [3.63, 3.8) is 0 Å². The molecule has 0 unspecified atom stereocenters. The van der Waals surface area contributed by atoms with Crippen LogP contribution in [0.4, 0.5) is 0 Å². The molecule has 26 nitrogen and oxygen atoms in total. The van der Waals surface area contributed by atoms with Crippen LogP contribution >= 0.6 is 0 Å². The lowest BCUT2D eigenvalue weighted by atomic mass is 9.87. The molecule has 0 heterocycles. The van der Waals surface area contributed by atoms with E-state index in [-0.39, 0.29) is 62.6 Å². The molecule has 12 N–H and O–H groups in total. The smallest absolute Gasteiger partial charge is 0.304 e. The van der Waals surface area contributed by atoms with Gasteiger partial charge in [0.1, 0.15) is 5.78 Å². The van der Waals surface area contributed by atoms with Crippen molar-refractivity contribution in [3.05, 3.63) is 71.8 Å². The van der Waals surface area contributed by atoms with E-state index in [2.05, 4.69) is 26.6 Å². The van der Waals surface area contributed by atoms with E-state index in [1.54, 1.807) is 102 Å². The van der Waals surface area contributed by atoms with E-state index < -0.39 is 218 Å². The molecule has 0 aromatic heterocycles. The van der Waals surface area contributed by atoms with Gasteiger partial charge in [-0.2, -0.15) is 0 Å². The van der Waals surface area contributed by atoms with Crippen LogP contribution in [0.3, 0.4) is 0 Å². The number of nitrogens with one attached hydrogen (secondary N) is 5. The Labute approximate surface area is 542 Å². The molecule has 0 fully saturated rings. The van der Waals surface area contributed by atoms with Crippen molar-refractivity contribution < 1.29 is 97.5 Å². The third kappa shape index (κ3) is 31.1. The third-order valence-electron chi connectivity index (χ3n) is 15.8. The molecule has 2 aromatic carbocycles. The number of aliphatic carboxylic acids is 4. The minimum atomic E-state index is -1.51. The normalized spacial score (nSPS) is 15.2. The molecule has 0 spiro atoms. The first-order chi connectivity index (χ1) is 43.5. The van der Waals surface area contributed by atoms with Gasteiger partial charge in [0.25, 0.3) is 0 Å². The fraction of sp³-hybridized carbons (Fsp3) is 0.597. The van der Waals surface area contributed by atoms with E-state index in [4.69, 9.17) is 5.73 Å². The van der Waals surface area contributed by atoms with Crippen LogP contribution in [0.5, 0.6) is 0 Å². The maximum absolute atomic E-state index is 14.7. The van der Waals surface area contributed by atoms with Gasteiger partial charge >= 0.3 is 23.9 Å². The number of amides is 6. The van der Waals surface area contributed by atoms with Crippen molar-refractivity contribution in [1.29, 1.82) is 0 Å². The molecule has 0 radical (unpaired) electrons. The van der Waals surface area contributed by atoms with Crippen LogP contribution in [0.15, 0.2) is 60.7 Å². The molecule has 0 saturated carbocycles. The van der Waals surface area contributed by atoms with Crippen LogP contribution in [-0.2, 0) is 84.8 Å². The van der Waals surface area contributed by atoms with E-state index >= 15 is 0 Å². The minimum Gasteiger partial charge on any atom is -0.481 e. The number of Topliss-reactive ketones (excluding diaryl/α,β-unsaturated/α-hetero) is 5. The number of nitrogens with two attached hydrogens (primary N) is 1. The summed E-state index contributed by atoms with van der Waals surface area (Å²) in [4.78, 5) is 197. The van der Waals surface area contributed by atoms with Crippen LogP contribution in [0.25, 0.3) is 0 Å². The number of carboxylic acids is 4. The Kier molecular flexibility index (Phi) is 35.0. The Hall–Kier alpha value is -8.55. The molecule has 0 bridgehead atoms. The average Bonchev–Trinajstić information content (AvgIpc) is 2.65. The van der Waals surface area contributed by atoms with E-state index in [1.165, 1.54) is 20.8 Å². The lowest BCUT2D eigenvalue weighted by molar-refractivity contribution is -0.143. The van der Waals surface area contributed by atoms with Crippen LogP contribution in [0.2, 0.25) is 0 Å². The highest BCUT2D eigenvalue weighted by molar-refractivity contribution is 5.98. The van der Waals surface area contributed by atoms with Gasteiger partial charge < -0.3 is 62.6 Å². The monoisotopic (exact) mass is 1300 g/mol. The summed E-state index contributed by atoms with van der Waals surface area (Å²) in [5, 5.41) is 62.8. The number of ketones is 5. The number of rotatable bonds is 47. The molecule has 26 heteroatoms. The quantitative estimate of drug-likeness (QED) is 0.0444. The van der Waals surface area contributed by atoms with E-state index in [9.17, 15) is 97.5 Å². The first-order valence-corrected chi connectivity index (χ1v) is 31.5. The van der Waals surface area contributed by atoms with Crippen LogP contribution in [0.1, 0.15) is 163 Å². The molecule has 0 aliphatic rings. The number of hydrogen-bond acceptors (Lipinski definition) is 16. The summed E-state index contributed by atoms with van der Waals surface area (Å²) in [5.74, 6) is -21.9. The molecule has 2 aromatic rings. The summed E-state index contributed by atoms with van der Waals surface area (Å²) < 4.78 is 0. The van der Waals surface area contributed by atoms with Gasteiger partial charge in [-0.1, -0.05) is 116 Å². The maximum Gasteiger partial charge on any atom is 0.304 e. The number of benzene rings is 2. The van der Waals surface area contributed by atoms with Gasteiger partial charge in [-0.15, -0.1) is 0 Å². The fourth-order valence-corrected chi connectivity index (χ4v) is 10.7. The Bertz CT molecular complexity index is 2920. The average molecular weight is 1310 g/mol. The van der Waals surface area contributed by atoms with Crippen LogP contribution in [-0.4, -0.2) is 150 Å². The highest BCUT2D eigenvalue weighted by atomic mass is 16.4. The molecule has 12 atom stereocenters. The molecular formula is C67H96N6O20. The van der Waals surface area contributed by atoms with E-state index in [1.807, 2.05) is 0 Å². The van der Waals surface area contributed by atoms with Gasteiger partial charge in [0.15, 0.2) is 23.1 Å². The molecule has 6 amide bonds. The Balaban J connectivity index is 2.41. The number of primary amides is 1. The Morgan fingerprint density at radius 2 is 0.849 bits per heavy atom. The largest absolute Gasteiger partial charge is 0.481 e. The second-order valence-electron chi connectivity index (χ2n) is 25.6. The summed E-state index contributed by atoms with van der Waals surface area (Å²) in [6.07, 6.45) is -7.58. The number of hydrogen-bond donors (Lipinski definition) is 11. The minimum absolute atomic E-state index is 0.0159. The number of aliphatic hydroxyl groups is 1. The van der Waals surface area contributed by atoms with Crippen molar-refractivity contribution in [3.8, 4) is 0 Å². The first kappa shape index (κ1) is 80.5. The molecule has 93 heavy (non-hydrogen) atoms. The highest BCUT2D eigenvalue weighted by Crippen LogP contribution is 2.24. The number of carbonyl (C=O) groups excluding carboxylic acids is 11. The molecular weight excluding hydrogens is 1210 g/mol. The lowest BCUT2D eigenvalue weighted by Crippen LogP contribution is -2.51. The highest BCUT2D eigenvalue weighted by Gasteiger charge is 2.38. The maximum atomic E-state index is 14.7. The molecule has 0 aliphatic heterocycles. The predicted octanol–water partition coefficient (Wildman–Crippen LogP) is 4.11. The molecule has 0 aliphatic carbocycles. The molecule has 2 rings (SSSR count). The lowest BCUT2D eigenvalue weighted by Gasteiger charge is -2.30. The van der Waals surface area contributed by atoms with Crippen molar-refractivity contribution in [1.82, 2.24) is 26.6 Å². The predicted molar refractivity (Wildman–Crippen MR) is 338 cm³/mol. The van der Waals surface area contributed by atoms with Gasteiger partial charge in [-0.25, -0.2) is 0 Å². The van der Waals surface area contributed by atoms with E-state index in [0.717, 1.165) is 0 Å². The first-order valence-electron chi connectivity index (χ1n) is 31.5. The second kappa shape index (κ2) is 40.4. The summed E-state index contributed by atoms with van der Waals surface area (Å²) in [5.41, 5.74) is 6.57. The topological polar surface area (TPSA) is 443 Å². The van der Waals surface area contributed by atoms with Crippen molar-refractivity contribution in [2.45, 2.75) is 201 Å². The van der Waals surface area contributed by atoms with Crippen molar-refractivity contribution in [2.24, 2.45) is 59.0 Å². The fourth-order valence-electron chi connectivity index (χ4n) is 10.7. The van der Waals surface area contributed by atoms with Crippen LogP contribution in [0, 0.1) is 53.3 Å². The zero-order valence-corrected chi connectivity index (χ0v) is 54.7. The van der Waals surface area contributed by atoms with E-state index in [0.29, 0.717) is 11.1 Å². The van der Waals surface area contributed by atoms with Crippen molar-refractivity contribution >= 4 is 88.2 Å². The Morgan fingerprint density at radius 3 is 1.35 bits per heavy atom. The molecule has 0 saturated heterocycles. The second-order valence-corrected chi connectivity index (χ2v) is 25.6. The summed E-state index contributed by atoms with van der Waals surface area (Å²) >= 11 is 0. The standard InChI is InChI=1S/C67H96N6O20/c1-36(2)24-49(71-67(93)47(35-60(86)87)32-55(78)50(25-37(3)4)70-65(91)44(28-41(9)74)20-22-57(80)81)52(75)27-40(8)64(90)73-61(38(5)6)56(79)33-46(29-42-16-12-10-13-17-42)66(92)72-51(30-43-18-14-11-15-19-43)53(76)26-39(7)63(89)69-48(21-23-58(82)83)54(77)31-45(62(68)88)34-59(84)85/h10-19,36-40,44-52,61,75H,20-35H2,1-9H3,(H2,68,88)(H,69,89)(H,70,91)(H,71,93)(H,72,92)(H,73,90)(H,80,81)(H,82,83)(H,84,85)(H,86,87)/t39-,40-,44-,45+,46-,47+,48+,49+,50+,51+,52+,61+/m1/s1. The van der Waals surface area contributed by atoms with Gasteiger partial charge in [0, 0.05) is 68.6 Å². The summed E-state index contributed by atoms with van der Waals surface area (Å²) in [6, 6.07) is 10.9. The van der Waals surface area contributed by atoms with Gasteiger partial charge in [0.2, 0.25) is 35.4 Å². The summed E-state index contributed by atoms with van der Waals surface area (Å²) in [7, 11) is 0. The van der Waals surface area contributed by atoms with Gasteiger partial charge in [-0.3, -0.25) is 67.1 Å². The number of aliphatic hydroxyl groups excluding tert-OH is 1. The number of carboxylic acid groups (broad SMARTS) is 4. The van der Waals surface area contributed by atoms with Gasteiger partial charge in [0.05, 0.1) is 61.0 Å². The SMILES string of the molecule is CC(=O)C[C@@H](CCC(=O)O)C(=O)N[C@@H](CC(C)C)C(=O)C[C@@H](CC(=O)O)C(=O)N[C@@H](CC(C)C)[C@@H](O)C[C@@H](C)C(=O)N[C@H](C(=O)C[C@@H](Cc1ccccc1)C(=O)N[C@@H](Cc1ccccc1)C(=O)C[C@@H](C)C(=O)N[C@@H](CCC(=O)O)C(=O)C[C@@H](CC(=O)O)C(N)=O)C(C)C. The van der Waals surface area contributed by atoms with Gasteiger partial charge in [-0.05, 0) is 80.8 Å². The van der Waals surface area contributed by atoms with Crippen LogP contribution < -0.4 is 32.3 Å². The molecule has 514 valence electrons. The zero-order chi connectivity index (χ0) is 70.4. The third-order valence-corrected chi connectivity index (χ3v) is 15.8. The zero-order valence-electron chi connectivity index (χ0n) is 54.7. The Morgan fingerprint density at radius 1 is 0.409 bits per heavy atom. The van der Waals surface area contributed by atoms with Crippen molar-refractivity contribution in [2.75, 3.05) is 0 Å².